The van der Waals surface area contributed by atoms with Gasteiger partial charge >= 0.3 is 0 Å². The summed E-state index contributed by atoms with van der Waals surface area (Å²) in [7, 11) is 0. The summed E-state index contributed by atoms with van der Waals surface area (Å²) in [5.74, 6) is -0.170. The number of hydrogen-bond donors (Lipinski definition) is 2. The van der Waals surface area contributed by atoms with Crippen molar-refractivity contribution in [3.05, 3.63) is 23.8 Å². The van der Waals surface area contributed by atoms with Crippen molar-refractivity contribution in [2.75, 3.05) is 6.54 Å². The van der Waals surface area contributed by atoms with E-state index in [9.17, 15) is 4.79 Å². The molecule has 0 radical (unpaired) electrons. The summed E-state index contributed by atoms with van der Waals surface area (Å²) in [4.78, 5) is 22.1. The van der Waals surface area contributed by atoms with Gasteiger partial charge in [-0.2, -0.15) is 0 Å². The largest absolute Gasteiger partial charge is 0.409 e. The quantitative estimate of drug-likeness (QED) is 0.350. The standard InChI is InChI=1S/C12H17N5O2/c1-8-6-15-9(7-14-8)12(18)17-5-3-2-4-10(17)11(13)16-19/h6-7,10,19H,2-5H2,1H3,(H2,13,16). The van der Waals surface area contributed by atoms with Crippen LogP contribution < -0.4 is 5.73 Å². The molecular weight excluding hydrogens is 246 g/mol. The number of piperidine rings is 1. The number of amides is 1. The smallest absolute Gasteiger partial charge is 0.274 e. The predicted octanol–water partition coefficient (Wildman–Crippen LogP) is 0.526. The topological polar surface area (TPSA) is 105 Å². The molecule has 1 fully saturated rings. The van der Waals surface area contributed by atoms with Crippen molar-refractivity contribution in [3.8, 4) is 0 Å². The van der Waals surface area contributed by atoms with Crippen molar-refractivity contribution in [2.24, 2.45) is 10.9 Å². The van der Waals surface area contributed by atoms with E-state index < -0.39 is 0 Å². The molecule has 2 rings (SSSR count). The van der Waals surface area contributed by atoms with Crippen LogP contribution in [0.1, 0.15) is 35.4 Å². The molecule has 1 atom stereocenters. The van der Waals surface area contributed by atoms with Crippen molar-refractivity contribution in [2.45, 2.75) is 32.2 Å². The Kier molecular flexibility index (Phi) is 3.94. The van der Waals surface area contributed by atoms with E-state index in [0.29, 0.717) is 13.0 Å². The molecular formula is C12H17N5O2. The molecule has 1 unspecified atom stereocenters. The Morgan fingerprint density at radius 2 is 2.26 bits per heavy atom. The number of carbonyl (C=O) groups is 1. The minimum absolute atomic E-state index is 0.0631. The zero-order valence-corrected chi connectivity index (χ0v) is 10.8. The lowest BCUT2D eigenvalue weighted by Gasteiger charge is -2.34. The zero-order valence-electron chi connectivity index (χ0n) is 10.8. The summed E-state index contributed by atoms with van der Waals surface area (Å²) in [5.41, 5.74) is 6.68. The lowest BCUT2D eigenvalue weighted by Crippen LogP contribution is -2.50. The first-order valence-corrected chi connectivity index (χ1v) is 6.20. The maximum Gasteiger partial charge on any atom is 0.274 e. The summed E-state index contributed by atoms with van der Waals surface area (Å²) in [6.45, 7) is 2.39. The van der Waals surface area contributed by atoms with Gasteiger partial charge in [0.1, 0.15) is 5.69 Å². The molecule has 0 aliphatic carbocycles. The first kappa shape index (κ1) is 13.3. The van der Waals surface area contributed by atoms with E-state index in [-0.39, 0.29) is 23.5 Å². The van der Waals surface area contributed by atoms with Crippen molar-refractivity contribution >= 4 is 11.7 Å². The van der Waals surface area contributed by atoms with Crippen LogP contribution in [-0.4, -0.2) is 44.4 Å². The Morgan fingerprint density at radius 1 is 1.47 bits per heavy atom. The Morgan fingerprint density at radius 3 is 2.89 bits per heavy atom. The molecule has 2 heterocycles. The Bertz CT molecular complexity index is 485. The fraction of sp³-hybridized carbons (Fsp3) is 0.500. The number of rotatable bonds is 2. The number of nitrogens with zero attached hydrogens (tertiary/aromatic N) is 4. The molecule has 1 saturated heterocycles. The summed E-state index contributed by atoms with van der Waals surface area (Å²) in [5, 5.41) is 11.8. The van der Waals surface area contributed by atoms with Crippen molar-refractivity contribution in [1.82, 2.24) is 14.9 Å². The monoisotopic (exact) mass is 263 g/mol. The third-order valence-electron chi connectivity index (χ3n) is 3.22. The van der Waals surface area contributed by atoms with Crippen LogP contribution in [0.15, 0.2) is 17.5 Å². The van der Waals surface area contributed by atoms with Gasteiger partial charge in [-0.1, -0.05) is 5.16 Å². The van der Waals surface area contributed by atoms with Gasteiger partial charge in [-0.3, -0.25) is 9.78 Å². The number of aryl methyl sites for hydroxylation is 1. The van der Waals surface area contributed by atoms with Gasteiger partial charge in [-0.05, 0) is 26.2 Å². The SMILES string of the molecule is Cc1cnc(C(=O)N2CCCCC2C(N)=NO)cn1. The molecule has 19 heavy (non-hydrogen) atoms. The third kappa shape index (κ3) is 2.81. The second kappa shape index (κ2) is 5.64. The third-order valence-corrected chi connectivity index (χ3v) is 3.22. The van der Waals surface area contributed by atoms with Gasteiger partial charge in [0, 0.05) is 12.7 Å². The van der Waals surface area contributed by atoms with Gasteiger partial charge in [0.2, 0.25) is 0 Å². The highest BCUT2D eigenvalue weighted by atomic mass is 16.4. The molecule has 1 aromatic heterocycles. The molecule has 3 N–H and O–H groups in total. The van der Waals surface area contributed by atoms with Gasteiger partial charge in [-0.15, -0.1) is 0 Å². The highest BCUT2D eigenvalue weighted by Gasteiger charge is 2.31. The van der Waals surface area contributed by atoms with Crippen LogP contribution in [0.2, 0.25) is 0 Å². The van der Waals surface area contributed by atoms with Crippen LogP contribution in [0.5, 0.6) is 0 Å². The number of oxime groups is 1. The van der Waals surface area contributed by atoms with E-state index in [1.807, 2.05) is 0 Å². The molecule has 1 amide bonds. The Balaban J connectivity index is 2.22. The second-order valence-corrected chi connectivity index (χ2v) is 4.58. The molecule has 7 heteroatoms. The minimum atomic E-state index is -0.366. The van der Waals surface area contributed by atoms with Gasteiger partial charge in [0.05, 0.1) is 17.9 Å². The highest BCUT2D eigenvalue weighted by molar-refractivity contribution is 5.96. The molecule has 0 aromatic carbocycles. The number of aromatic nitrogens is 2. The fourth-order valence-electron chi connectivity index (χ4n) is 2.20. The van der Waals surface area contributed by atoms with E-state index in [1.165, 1.54) is 6.20 Å². The Hall–Kier alpha value is -2.18. The van der Waals surface area contributed by atoms with Gasteiger partial charge in [-0.25, -0.2) is 4.98 Å². The van der Waals surface area contributed by atoms with Crippen molar-refractivity contribution in [3.63, 3.8) is 0 Å². The van der Waals surface area contributed by atoms with E-state index in [0.717, 1.165) is 18.5 Å². The zero-order chi connectivity index (χ0) is 13.8. The molecule has 102 valence electrons. The molecule has 0 spiro atoms. The van der Waals surface area contributed by atoms with E-state index in [1.54, 1.807) is 18.0 Å². The maximum atomic E-state index is 12.4. The fourth-order valence-corrected chi connectivity index (χ4v) is 2.20. The molecule has 7 nitrogen and oxygen atoms in total. The lowest BCUT2D eigenvalue weighted by molar-refractivity contribution is 0.0670. The summed E-state index contributed by atoms with van der Waals surface area (Å²) in [6.07, 6.45) is 5.55. The van der Waals surface area contributed by atoms with Gasteiger partial charge in [0.25, 0.3) is 5.91 Å². The predicted molar refractivity (Wildman–Crippen MR) is 68.9 cm³/mol. The average Bonchev–Trinajstić information content (AvgIpc) is 2.46. The average molecular weight is 263 g/mol. The number of carbonyl (C=O) groups excluding carboxylic acids is 1. The number of likely N-dealkylation sites (tertiary alicyclic amines) is 1. The molecule has 1 aliphatic rings. The first-order chi connectivity index (χ1) is 9.13. The van der Waals surface area contributed by atoms with Crippen LogP contribution in [0.25, 0.3) is 0 Å². The van der Waals surface area contributed by atoms with Crippen LogP contribution in [0.3, 0.4) is 0 Å². The second-order valence-electron chi connectivity index (χ2n) is 4.58. The van der Waals surface area contributed by atoms with Gasteiger partial charge < -0.3 is 15.8 Å². The van der Waals surface area contributed by atoms with Crippen LogP contribution in [0, 0.1) is 6.92 Å². The van der Waals surface area contributed by atoms with Crippen LogP contribution in [0.4, 0.5) is 0 Å². The first-order valence-electron chi connectivity index (χ1n) is 6.20. The van der Waals surface area contributed by atoms with E-state index >= 15 is 0 Å². The molecule has 1 aromatic rings. The number of nitrogens with two attached hydrogens (primary N) is 1. The van der Waals surface area contributed by atoms with Crippen molar-refractivity contribution in [1.29, 1.82) is 0 Å². The van der Waals surface area contributed by atoms with E-state index in [2.05, 4.69) is 15.1 Å². The van der Waals surface area contributed by atoms with Gasteiger partial charge in [0.15, 0.2) is 5.84 Å². The lowest BCUT2D eigenvalue weighted by atomic mass is 10.0. The van der Waals surface area contributed by atoms with E-state index in [4.69, 9.17) is 10.9 Å². The highest BCUT2D eigenvalue weighted by Crippen LogP contribution is 2.19. The minimum Gasteiger partial charge on any atom is -0.409 e. The molecule has 0 saturated carbocycles. The normalized spacial score (nSPS) is 20.4. The maximum absolute atomic E-state index is 12.4. The Labute approximate surface area is 111 Å². The van der Waals surface area contributed by atoms with Crippen molar-refractivity contribution < 1.29 is 10.0 Å². The number of hydrogen-bond acceptors (Lipinski definition) is 5. The molecule has 0 bridgehead atoms. The summed E-state index contributed by atoms with van der Waals surface area (Å²) < 4.78 is 0. The molecule has 1 aliphatic heterocycles. The number of amidine groups is 1. The summed E-state index contributed by atoms with van der Waals surface area (Å²) >= 11 is 0. The summed E-state index contributed by atoms with van der Waals surface area (Å²) in [6, 6.07) is -0.366. The van der Waals surface area contributed by atoms with Crippen LogP contribution in [-0.2, 0) is 0 Å². The van der Waals surface area contributed by atoms with Crippen LogP contribution >= 0.6 is 0 Å².